The van der Waals surface area contributed by atoms with Gasteiger partial charge in [0.15, 0.2) is 11.5 Å². The van der Waals surface area contributed by atoms with Gasteiger partial charge in [-0.25, -0.2) is 0 Å². The van der Waals surface area contributed by atoms with Gasteiger partial charge >= 0.3 is 11.9 Å². The summed E-state index contributed by atoms with van der Waals surface area (Å²) in [6, 6.07) is 25.9. The van der Waals surface area contributed by atoms with Crippen LogP contribution in [-0.4, -0.2) is 47.9 Å². The number of hydrogen-bond acceptors (Lipinski definition) is 7. The molecule has 1 aliphatic rings. The number of nitrogens with one attached hydrogen (secondary N) is 1. The van der Waals surface area contributed by atoms with E-state index in [9.17, 15) is 19.5 Å². The molecule has 0 aromatic heterocycles. The van der Waals surface area contributed by atoms with Crippen molar-refractivity contribution in [1.82, 2.24) is 5.32 Å². The largest absolute Gasteiger partial charge is 0.493 e. The van der Waals surface area contributed by atoms with Crippen LogP contribution in [0.1, 0.15) is 46.3 Å². The molecule has 4 aromatic rings. The molecule has 0 saturated carbocycles. The van der Waals surface area contributed by atoms with Crippen molar-refractivity contribution < 1.29 is 43.5 Å². The standard InChI is InChI=1S/C36H35NO9/c38-34(39)10-5-15-43-31-9-4-8-26(30(31)12-14-35(40)41)23-46-29-19-27(25-11-13-32-33(21-25)45-17-16-44-32)18-28(20-29)36(42)37-22-24-6-2-1-3-7-24/h1-4,6-9,11,13,18-21H,5,10,12,14-17,22-23H2,(H,37,42)(H,38,39)(H,40,41). The topological polar surface area (TPSA) is 141 Å². The Morgan fingerprint density at radius 2 is 1.54 bits per heavy atom. The third-order valence-electron chi connectivity index (χ3n) is 7.35. The maximum atomic E-state index is 13.4. The van der Waals surface area contributed by atoms with Gasteiger partial charge in [-0.15, -0.1) is 0 Å². The lowest BCUT2D eigenvalue weighted by molar-refractivity contribution is -0.138. The van der Waals surface area contributed by atoms with Gasteiger partial charge in [0.05, 0.1) is 6.61 Å². The van der Waals surface area contributed by atoms with E-state index in [-0.39, 0.29) is 38.4 Å². The lowest BCUT2D eigenvalue weighted by Gasteiger charge is -2.19. The Morgan fingerprint density at radius 3 is 2.33 bits per heavy atom. The Kier molecular flexibility index (Phi) is 10.7. The summed E-state index contributed by atoms with van der Waals surface area (Å²) in [7, 11) is 0. The van der Waals surface area contributed by atoms with Crippen molar-refractivity contribution in [2.24, 2.45) is 0 Å². The number of carboxylic acids is 2. The van der Waals surface area contributed by atoms with Crippen LogP contribution in [0.4, 0.5) is 0 Å². The van der Waals surface area contributed by atoms with Crippen LogP contribution >= 0.6 is 0 Å². The second kappa shape index (κ2) is 15.5. The monoisotopic (exact) mass is 625 g/mol. The summed E-state index contributed by atoms with van der Waals surface area (Å²) in [5.41, 5.74) is 4.31. The predicted molar refractivity (Wildman–Crippen MR) is 170 cm³/mol. The maximum Gasteiger partial charge on any atom is 0.303 e. The summed E-state index contributed by atoms with van der Waals surface area (Å²) >= 11 is 0. The zero-order valence-corrected chi connectivity index (χ0v) is 25.2. The number of benzene rings is 4. The molecule has 46 heavy (non-hydrogen) atoms. The summed E-state index contributed by atoms with van der Waals surface area (Å²) in [6.45, 7) is 1.53. The van der Waals surface area contributed by atoms with Crippen molar-refractivity contribution in [3.63, 3.8) is 0 Å². The molecule has 1 heterocycles. The fourth-order valence-corrected chi connectivity index (χ4v) is 5.05. The number of rotatable bonds is 15. The zero-order chi connectivity index (χ0) is 32.3. The summed E-state index contributed by atoms with van der Waals surface area (Å²) in [5, 5.41) is 21.3. The molecule has 238 valence electrons. The van der Waals surface area contributed by atoms with E-state index in [1.165, 1.54) is 0 Å². The van der Waals surface area contributed by atoms with Crippen LogP contribution in [0.5, 0.6) is 23.0 Å². The summed E-state index contributed by atoms with van der Waals surface area (Å²) in [4.78, 5) is 35.7. The average molecular weight is 626 g/mol. The number of carboxylic acid groups (broad SMARTS) is 2. The van der Waals surface area contributed by atoms with Crippen molar-refractivity contribution >= 4 is 17.8 Å². The Balaban J connectivity index is 1.41. The van der Waals surface area contributed by atoms with Crippen molar-refractivity contribution in [1.29, 1.82) is 0 Å². The second-order valence-electron chi connectivity index (χ2n) is 10.7. The van der Waals surface area contributed by atoms with E-state index in [0.29, 0.717) is 60.3 Å². The van der Waals surface area contributed by atoms with Gasteiger partial charge in [0.2, 0.25) is 0 Å². The van der Waals surface area contributed by atoms with Gasteiger partial charge in [-0.1, -0.05) is 48.5 Å². The molecule has 1 aliphatic heterocycles. The fraction of sp³-hybridized carbons (Fsp3) is 0.250. The van der Waals surface area contributed by atoms with Crippen molar-refractivity contribution in [2.75, 3.05) is 19.8 Å². The molecular formula is C36H35NO9. The third kappa shape index (κ3) is 8.78. The lowest BCUT2D eigenvalue weighted by Crippen LogP contribution is -2.22. The lowest BCUT2D eigenvalue weighted by atomic mass is 10.0. The highest BCUT2D eigenvalue weighted by Gasteiger charge is 2.17. The summed E-state index contributed by atoms with van der Waals surface area (Å²) in [6.07, 6.45) is 0.367. The SMILES string of the molecule is O=C(O)CCCOc1cccc(COc2cc(C(=O)NCc3ccccc3)cc(-c3ccc4c(c3)OCCO4)c2)c1CCC(=O)O. The molecule has 10 heteroatoms. The molecule has 0 saturated heterocycles. The molecule has 0 aliphatic carbocycles. The first-order valence-corrected chi connectivity index (χ1v) is 15.0. The third-order valence-corrected chi connectivity index (χ3v) is 7.35. The van der Waals surface area contributed by atoms with Crippen LogP contribution in [0.2, 0.25) is 0 Å². The smallest absolute Gasteiger partial charge is 0.303 e. The number of ether oxygens (including phenoxy) is 4. The number of carbonyl (C=O) groups is 3. The number of aliphatic carboxylic acids is 2. The van der Waals surface area contributed by atoms with Gasteiger partial charge < -0.3 is 34.5 Å². The Bertz CT molecular complexity index is 1690. The van der Waals surface area contributed by atoms with Gasteiger partial charge in [0.25, 0.3) is 5.91 Å². The highest BCUT2D eigenvalue weighted by Crippen LogP contribution is 2.36. The van der Waals surface area contributed by atoms with Gasteiger partial charge in [0, 0.05) is 30.5 Å². The number of carbonyl (C=O) groups excluding carboxylic acids is 1. The molecule has 3 N–H and O–H groups in total. The van der Waals surface area contributed by atoms with E-state index >= 15 is 0 Å². The summed E-state index contributed by atoms with van der Waals surface area (Å²) in [5.74, 6) is 0.0600. The Labute approximate surface area is 266 Å². The number of amides is 1. The first kappa shape index (κ1) is 31.9. The zero-order valence-electron chi connectivity index (χ0n) is 25.2. The van der Waals surface area contributed by atoms with Crippen molar-refractivity contribution in [3.8, 4) is 34.1 Å². The normalized spacial score (nSPS) is 11.8. The second-order valence-corrected chi connectivity index (χ2v) is 10.7. The Morgan fingerprint density at radius 1 is 0.761 bits per heavy atom. The van der Waals surface area contributed by atoms with E-state index in [2.05, 4.69) is 5.32 Å². The van der Waals surface area contributed by atoms with Crippen LogP contribution < -0.4 is 24.3 Å². The minimum absolute atomic E-state index is 0.0335. The van der Waals surface area contributed by atoms with Crippen LogP contribution in [-0.2, 0) is 29.2 Å². The molecule has 4 aromatic carbocycles. The maximum absolute atomic E-state index is 13.4. The minimum atomic E-state index is -0.953. The molecule has 0 atom stereocenters. The van der Waals surface area contributed by atoms with Gasteiger partial charge in [-0.05, 0) is 71.5 Å². The van der Waals surface area contributed by atoms with Crippen LogP contribution in [0.3, 0.4) is 0 Å². The van der Waals surface area contributed by atoms with E-state index < -0.39 is 11.9 Å². The molecule has 0 spiro atoms. The molecule has 10 nitrogen and oxygen atoms in total. The number of hydrogen-bond donors (Lipinski definition) is 3. The molecule has 0 unspecified atom stereocenters. The van der Waals surface area contributed by atoms with Crippen molar-refractivity contribution in [3.05, 3.63) is 107 Å². The first-order valence-electron chi connectivity index (χ1n) is 15.0. The highest BCUT2D eigenvalue weighted by molar-refractivity contribution is 5.96. The predicted octanol–water partition coefficient (Wildman–Crippen LogP) is 5.89. The van der Waals surface area contributed by atoms with E-state index in [0.717, 1.165) is 22.3 Å². The van der Waals surface area contributed by atoms with Gasteiger partial charge in [0.1, 0.15) is 31.3 Å². The van der Waals surface area contributed by atoms with Crippen LogP contribution in [0.25, 0.3) is 11.1 Å². The minimum Gasteiger partial charge on any atom is -0.493 e. The van der Waals surface area contributed by atoms with Gasteiger partial charge in [-0.2, -0.15) is 0 Å². The Hall–Kier alpha value is -5.51. The van der Waals surface area contributed by atoms with Crippen LogP contribution in [0.15, 0.2) is 84.9 Å². The van der Waals surface area contributed by atoms with Crippen LogP contribution in [0, 0.1) is 0 Å². The molecule has 5 rings (SSSR count). The first-order chi connectivity index (χ1) is 22.4. The van der Waals surface area contributed by atoms with E-state index in [1.807, 2.05) is 60.7 Å². The average Bonchev–Trinajstić information content (AvgIpc) is 3.07. The summed E-state index contributed by atoms with van der Waals surface area (Å²) < 4.78 is 23.6. The molecule has 0 radical (unpaired) electrons. The fourth-order valence-electron chi connectivity index (χ4n) is 5.05. The number of fused-ring (bicyclic) bond motifs is 1. The molecular weight excluding hydrogens is 590 g/mol. The van der Waals surface area contributed by atoms with E-state index in [4.69, 9.17) is 24.1 Å². The highest BCUT2D eigenvalue weighted by atomic mass is 16.6. The van der Waals surface area contributed by atoms with E-state index in [1.54, 1.807) is 24.3 Å². The van der Waals surface area contributed by atoms with Crippen molar-refractivity contribution in [2.45, 2.75) is 38.8 Å². The molecule has 0 bridgehead atoms. The molecule has 1 amide bonds. The quantitative estimate of drug-likeness (QED) is 0.138. The van der Waals surface area contributed by atoms with Gasteiger partial charge in [-0.3, -0.25) is 14.4 Å². The molecule has 0 fully saturated rings.